The van der Waals surface area contributed by atoms with Crippen molar-refractivity contribution in [2.75, 3.05) is 10.9 Å². The van der Waals surface area contributed by atoms with Gasteiger partial charge in [-0.15, -0.1) is 0 Å². The van der Waals surface area contributed by atoms with Crippen molar-refractivity contribution < 1.29 is 17.9 Å². The first-order valence-corrected chi connectivity index (χ1v) is 9.76. The molecule has 0 aliphatic heterocycles. The number of benzene rings is 2. The molecule has 0 aromatic heterocycles. The topological polar surface area (TPSA) is 57.6 Å². The van der Waals surface area contributed by atoms with E-state index in [-0.39, 0.29) is 22.2 Å². The maximum Gasteiger partial charge on any atom is 0.264 e. The van der Waals surface area contributed by atoms with Gasteiger partial charge < -0.3 is 5.11 Å². The first kappa shape index (κ1) is 19.7. The summed E-state index contributed by atoms with van der Waals surface area (Å²) in [7, 11) is -3.99. The lowest BCUT2D eigenvalue weighted by Gasteiger charge is -2.31. The summed E-state index contributed by atoms with van der Waals surface area (Å²) in [5.74, 6) is -0.670. The lowest BCUT2D eigenvalue weighted by Crippen LogP contribution is -2.39. The van der Waals surface area contributed by atoms with Crippen molar-refractivity contribution >= 4 is 27.3 Å². The van der Waals surface area contributed by atoms with Crippen molar-refractivity contribution in [1.82, 2.24) is 0 Å². The van der Waals surface area contributed by atoms with E-state index in [2.05, 4.69) is 0 Å². The lowest BCUT2D eigenvalue weighted by atomic mass is 10.1. The Morgan fingerprint density at radius 2 is 1.84 bits per heavy atom. The number of aliphatic hydroxyl groups is 1. The zero-order valence-corrected chi connectivity index (χ0v) is 15.7. The zero-order chi connectivity index (χ0) is 18.6. The number of rotatable bonds is 7. The van der Waals surface area contributed by atoms with Crippen LogP contribution in [-0.2, 0) is 10.0 Å². The van der Waals surface area contributed by atoms with Crippen molar-refractivity contribution in [2.24, 2.45) is 0 Å². The molecule has 0 amide bonds. The van der Waals surface area contributed by atoms with Crippen LogP contribution in [0.3, 0.4) is 0 Å². The van der Waals surface area contributed by atoms with Crippen molar-refractivity contribution in [2.45, 2.75) is 37.6 Å². The average molecular weight is 386 g/mol. The molecule has 25 heavy (non-hydrogen) atoms. The van der Waals surface area contributed by atoms with Gasteiger partial charge in [0.2, 0.25) is 0 Å². The Kier molecular flexibility index (Phi) is 6.43. The summed E-state index contributed by atoms with van der Waals surface area (Å²) in [6, 6.07) is 9.65. The molecule has 2 aromatic rings. The lowest BCUT2D eigenvalue weighted by molar-refractivity contribution is 0.281. The first-order valence-electron chi connectivity index (χ1n) is 7.94. The summed E-state index contributed by atoms with van der Waals surface area (Å²) < 4.78 is 41.8. The van der Waals surface area contributed by atoms with Crippen LogP contribution in [0.4, 0.5) is 10.1 Å². The van der Waals surface area contributed by atoms with Gasteiger partial charge >= 0.3 is 0 Å². The maximum absolute atomic E-state index is 14.4. The van der Waals surface area contributed by atoms with Crippen LogP contribution in [0, 0.1) is 12.7 Å². The van der Waals surface area contributed by atoms with Crippen LogP contribution in [0.5, 0.6) is 0 Å². The zero-order valence-electron chi connectivity index (χ0n) is 14.1. The summed E-state index contributed by atoms with van der Waals surface area (Å²) in [5, 5.41) is 9.30. The molecular weight excluding hydrogens is 365 g/mol. The highest BCUT2D eigenvalue weighted by Gasteiger charge is 2.31. The second-order valence-corrected chi connectivity index (χ2v) is 8.18. The molecular formula is C18H21ClFNO3S. The van der Waals surface area contributed by atoms with E-state index in [1.165, 1.54) is 24.3 Å². The van der Waals surface area contributed by atoms with E-state index in [0.717, 1.165) is 15.9 Å². The number of halogens is 2. The van der Waals surface area contributed by atoms with E-state index in [1.54, 1.807) is 19.1 Å². The fourth-order valence-electron chi connectivity index (χ4n) is 2.59. The van der Waals surface area contributed by atoms with Crippen molar-refractivity contribution in [3.8, 4) is 0 Å². The molecule has 0 fully saturated rings. The van der Waals surface area contributed by atoms with E-state index >= 15 is 0 Å². The highest BCUT2D eigenvalue weighted by molar-refractivity contribution is 7.92. The summed E-state index contributed by atoms with van der Waals surface area (Å²) in [5.41, 5.74) is 0.825. The minimum absolute atomic E-state index is 0.0687. The smallest absolute Gasteiger partial charge is 0.264 e. The molecule has 0 bridgehead atoms. The number of anilines is 1. The van der Waals surface area contributed by atoms with Crippen LogP contribution in [0.15, 0.2) is 47.4 Å². The number of hydrogen-bond donors (Lipinski definition) is 1. The summed E-state index contributed by atoms with van der Waals surface area (Å²) in [6.45, 7) is 3.47. The normalized spacial score (nSPS) is 12.8. The maximum atomic E-state index is 14.4. The minimum Gasteiger partial charge on any atom is -0.396 e. The molecule has 0 aliphatic carbocycles. The van der Waals surface area contributed by atoms with Crippen LogP contribution < -0.4 is 4.31 Å². The van der Waals surface area contributed by atoms with Crippen molar-refractivity contribution in [3.05, 3.63) is 58.9 Å². The second kappa shape index (κ2) is 8.17. The van der Waals surface area contributed by atoms with Gasteiger partial charge in [-0.25, -0.2) is 12.8 Å². The Morgan fingerprint density at radius 3 is 2.44 bits per heavy atom. The highest BCUT2D eigenvalue weighted by atomic mass is 35.5. The van der Waals surface area contributed by atoms with Gasteiger partial charge in [0.05, 0.1) is 10.6 Å². The van der Waals surface area contributed by atoms with E-state index < -0.39 is 21.9 Å². The Bertz CT molecular complexity index is 825. The largest absolute Gasteiger partial charge is 0.396 e. The highest BCUT2D eigenvalue weighted by Crippen LogP contribution is 2.32. The Labute approximate surface area is 152 Å². The van der Waals surface area contributed by atoms with E-state index in [0.29, 0.717) is 12.8 Å². The van der Waals surface area contributed by atoms with Gasteiger partial charge in [-0.1, -0.05) is 29.3 Å². The molecule has 136 valence electrons. The monoisotopic (exact) mass is 385 g/mol. The van der Waals surface area contributed by atoms with Gasteiger partial charge in [-0.3, -0.25) is 4.31 Å². The molecule has 0 spiro atoms. The molecule has 7 heteroatoms. The van der Waals surface area contributed by atoms with Crippen LogP contribution in [-0.4, -0.2) is 26.2 Å². The number of hydrogen-bond acceptors (Lipinski definition) is 3. The van der Waals surface area contributed by atoms with Crippen LogP contribution in [0.25, 0.3) is 0 Å². The predicted octanol–water partition coefficient (Wildman–Crippen LogP) is 4.14. The van der Waals surface area contributed by atoms with Gasteiger partial charge in [-0.05, 0) is 57.0 Å². The third-order valence-electron chi connectivity index (χ3n) is 3.90. The number of aryl methyl sites for hydroxylation is 1. The molecule has 2 aromatic carbocycles. The molecule has 0 unspecified atom stereocenters. The van der Waals surface area contributed by atoms with Crippen molar-refractivity contribution in [3.63, 3.8) is 0 Å². The fraction of sp³-hybridized carbons (Fsp3) is 0.333. The van der Waals surface area contributed by atoms with E-state index in [4.69, 9.17) is 16.7 Å². The molecule has 0 saturated carbocycles. The molecule has 1 N–H and O–H groups in total. The number of nitrogens with zero attached hydrogens (tertiary/aromatic N) is 1. The molecule has 0 radical (unpaired) electrons. The number of sulfonamides is 1. The van der Waals surface area contributed by atoms with Gasteiger partial charge in [0, 0.05) is 17.7 Å². The van der Waals surface area contributed by atoms with E-state index in [1.807, 2.05) is 6.92 Å². The average Bonchev–Trinajstić information content (AvgIpc) is 2.56. The van der Waals surface area contributed by atoms with Gasteiger partial charge in [0.15, 0.2) is 0 Å². The van der Waals surface area contributed by atoms with Gasteiger partial charge in [-0.2, -0.15) is 0 Å². The molecule has 0 saturated heterocycles. The third kappa shape index (κ3) is 4.51. The van der Waals surface area contributed by atoms with E-state index in [9.17, 15) is 12.8 Å². The quantitative estimate of drug-likeness (QED) is 0.779. The number of aliphatic hydroxyl groups excluding tert-OH is 1. The second-order valence-electron chi connectivity index (χ2n) is 5.92. The minimum atomic E-state index is -3.99. The molecule has 0 heterocycles. The third-order valence-corrected chi connectivity index (χ3v) is 6.08. The molecule has 0 aliphatic rings. The summed E-state index contributed by atoms with van der Waals surface area (Å²) in [4.78, 5) is 0.0772. The Balaban J connectivity index is 2.57. The molecule has 4 nitrogen and oxygen atoms in total. The Morgan fingerprint density at radius 1 is 1.20 bits per heavy atom. The van der Waals surface area contributed by atoms with Gasteiger partial charge in [0.25, 0.3) is 10.0 Å². The SMILES string of the molecule is Cc1ccc(S(=O)(=O)N(c2cc(Cl)ccc2F)[C@H](C)CCCO)cc1. The standard InChI is InChI=1S/C18H21ClFNO3S/c1-13-5-8-16(9-6-13)25(23,24)21(14(2)4-3-11-22)18-12-15(19)7-10-17(18)20/h5-10,12,14,22H,3-4,11H2,1-2H3/t14-/m1/s1. The molecule has 2 rings (SSSR count). The van der Waals surface area contributed by atoms with Crippen LogP contribution in [0.2, 0.25) is 5.02 Å². The Hall–Kier alpha value is -1.63. The summed E-state index contributed by atoms with van der Waals surface area (Å²) in [6.07, 6.45) is 0.789. The first-order chi connectivity index (χ1) is 11.8. The van der Waals surface area contributed by atoms with Crippen LogP contribution >= 0.6 is 11.6 Å². The van der Waals surface area contributed by atoms with Gasteiger partial charge in [0.1, 0.15) is 5.82 Å². The fourth-order valence-corrected chi connectivity index (χ4v) is 4.44. The summed E-state index contributed by atoms with van der Waals surface area (Å²) >= 11 is 5.96. The molecule has 1 atom stereocenters. The predicted molar refractivity (Wildman–Crippen MR) is 98.0 cm³/mol. The van der Waals surface area contributed by atoms with Crippen LogP contribution in [0.1, 0.15) is 25.3 Å². The van der Waals surface area contributed by atoms with Crippen molar-refractivity contribution in [1.29, 1.82) is 0 Å².